The van der Waals surface area contributed by atoms with E-state index >= 15 is 0 Å². The molecule has 1 aliphatic rings. The van der Waals surface area contributed by atoms with Crippen LogP contribution in [0.4, 0.5) is 12.9 Å². The second-order valence-electron chi connectivity index (χ2n) is 2.95. The summed E-state index contributed by atoms with van der Waals surface area (Å²) in [6.45, 7) is -4.83. The van der Waals surface area contributed by atoms with Crippen molar-refractivity contribution >= 4 is 23.1 Å². The largest absolute Gasteiger partial charge is 0.521 e. The highest BCUT2D eigenvalue weighted by molar-refractivity contribution is 7.23. The summed E-state index contributed by atoms with van der Waals surface area (Å²) in [5, 5.41) is 0.657. The second-order valence-corrected chi connectivity index (χ2v) is 4.04. The predicted octanol–water partition coefficient (Wildman–Crippen LogP) is 2.07. The lowest BCUT2D eigenvalue weighted by atomic mass is 9.91. The minimum absolute atomic E-state index is 0.321. The molecule has 2 rings (SSSR count). The van der Waals surface area contributed by atoms with Gasteiger partial charge in [0.2, 0.25) is 0 Å². The Hall–Kier alpha value is -0.515. The molecule has 1 fully saturated rings. The minimum Gasteiger partial charge on any atom is -0.444 e. The summed E-state index contributed by atoms with van der Waals surface area (Å²) in [4.78, 5) is 3.76. The SMILES string of the molecule is F[B-](F)(F)c1cnc(C2CC2)s1. The molecule has 6 heteroatoms. The van der Waals surface area contributed by atoms with E-state index in [1.165, 1.54) is 0 Å². The number of halogens is 3. The molecule has 0 bridgehead atoms. The highest BCUT2D eigenvalue weighted by atomic mass is 32.1. The van der Waals surface area contributed by atoms with Crippen LogP contribution in [0.3, 0.4) is 0 Å². The van der Waals surface area contributed by atoms with Crippen molar-refractivity contribution in [3.05, 3.63) is 11.2 Å². The Morgan fingerprint density at radius 1 is 1.42 bits per heavy atom. The molecular formula is C6H6BF3NS-. The van der Waals surface area contributed by atoms with E-state index in [-0.39, 0.29) is 0 Å². The van der Waals surface area contributed by atoms with Gasteiger partial charge in [-0.3, -0.25) is 4.98 Å². The van der Waals surface area contributed by atoms with E-state index in [2.05, 4.69) is 4.98 Å². The van der Waals surface area contributed by atoms with Crippen LogP contribution >= 0.6 is 11.3 Å². The summed E-state index contributed by atoms with van der Waals surface area (Å²) >= 11 is 0.802. The molecule has 12 heavy (non-hydrogen) atoms. The van der Waals surface area contributed by atoms with E-state index in [9.17, 15) is 12.9 Å². The van der Waals surface area contributed by atoms with Crippen molar-refractivity contribution < 1.29 is 12.9 Å². The average Bonchev–Trinajstić information content (AvgIpc) is 2.66. The van der Waals surface area contributed by atoms with E-state index in [0.29, 0.717) is 10.9 Å². The topological polar surface area (TPSA) is 12.9 Å². The predicted molar refractivity (Wildman–Crippen MR) is 42.8 cm³/mol. The molecule has 0 amide bonds. The number of hydrogen-bond acceptors (Lipinski definition) is 2. The first-order chi connectivity index (χ1) is 5.57. The molecular weight excluding hydrogens is 186 g/mol. The Labute approximate surface area is 71.7 Å². The molecule has 0 spiro atoms. The van der Waals surface area contributed by atoms with Gasteiger partial charge in [0.1, 0.15) is 0 Å². The Kier molecular flexibility index (Phi) is 1.68. The highest BCUT2D eigenvalue weighted by Crippen LogP contribution is 2.40. The van der Waals surface area contributed by atoms with Crippen molar-refractivity contribution in [2.24, 2.45) is 0 Å². The third kappa shape index (κ3) is 1.48. The molecule has 1 aromatic heterocycles. The van der Waals surface area contributed by atoms with Gasteiger partial charge in [-0.1, -0.05) is 0 Å². The van der Waals surface area contributed by atoms with Crippen molar-refractivity contribution in [1.82, 2.24) is 4.98 Å². The number of rotatable bonds is 2. The van der Waals surface area contributed by atoms with Gasteiger partial charge >= 0.3 is 6.98 Å². The molecule has 66 valence electrons. The lowest BCUT2D eigenvalue weighted by molar-refractivity contribution is 0.502. The van der Waals surface area contributed by atoms with E-state index < -0.39 is 11.8 Å². The maximum Gasteiger partial charge on any atom is 0.521 e. The van der Waals surface area contributed by atoms with Crippen molar-refractivity contribution in [3.8, 4) is 0 Å². The Balaban J connectivity index is 2.23. The molecule has 1 heterocycles. The number of nitrogens with zero attached hydrogens (tertiary/aromatic N) is 1. The van der Waals surface area contributed by atoms with Gasteiger partial charge in [-0.2, -0.15) is 11.3 Å². The van der Waals surface area contributed by atoms with Crippen molar-refractivity contribution in [2.45, 2.75) is 18.8 Å². The number of thiazole rings is 1. The van der Waals surface area contributed by atoms with Crippen molar-refractivity contribution in [1.29, 1.82) is 0 Å². The van der Waals surface area contributed by atoms with E-state index in [1.807, 2.05) is 0 Å². The van der Waals surface area contributed by atoms with Crippen LogP contribution in [-0.4, -0.2) is 12.0 Å². The van der Waals surface area contributed by atoms with Gasteiger partial charge in [0.05, 0.1) is 5.01 Å². The lowest BCUT2D eigenvalue weighted by Gasteiger charge is -2.09. The molecule has 0 unspecified atom stereocenters. The van der Waals surface area contributed by atoms with Crippen LogP contribution < -0.4 is 4.78 Å². The van der Waals surface area contributed by atoms with Crippen LogP contribution in [0.2, 0.25) is 0 Å². The summed E-state index contributed by atoms with van der Waals surface area (Å²) in [5.74, 6) is 0.321. The first kappa shape index (κ1) is 8.10. The molecule has 1 aromatic rings. The normalized spacial score (nSPS) is 18.2. The summed E-state index contributed by atoms with van der Waals surface area (Å²) < 4.78 is 35.8. The third-order valence-electron chi connectivity index (χ3n) is 1.79. The molecule has 0 aromatic carbocycles. The van der Waals surface area contributed by atoms with Gasteiger partial charge in [0.25, 0.3) is 0 Å². The van der Waals surface area contributed by atoms with E-state index in [1.54, 1.807) is 0 Å². The summed E-state index contributed by atoms with van der Waals surface area (Å²) in [6.07, 6.45) is 2.95. The van der Waals surface area contributed by atoms with Crippen LogP contribution in [0.25, 0.3) is 0 Å². The lowest BCUT2D eigenvalue weighted by Crippen LogP contribution is -2.30. The van der Waals surface area contributed by atoms with Crippen molar-refractivity contribution in [3.63, 3.8) is 0 Å². The summed E-state index contributed by atoms with van der Waals surface area (Å²) in [6, 6.07) is 0. The number of aromatic nitrogens is 1. The van der Waals surface area contributed by atoms with E-state index in [0.717, 1.165) is 30.4 Å². The summed E-state index contributed by atoms with van der Waals surface area (Å²) in [7, 11) is 0. The first-order valence-corrected chi connectivity index (χ1v) is 4.54. The van der Waals surface area contributed by atoms with Gasteiger partial charge in [0.15, 0.2) is 0 Å². The van der Waals surface area contributed by atoms with Gasteiger partial charge in [-0.25, -0.2) is 0 Å². The maximum atomic E-state index is 12.1. The van der Waals surface area contributed by atoms with Crippen LogP contribution in [-0.2, 0) is 0 Å². The fourth-order valence-corrected chi connectivity index (χ4v) is 1.96. The smallest absolute Gasteiger partial charge is 0.444 e. The zero-order valence-corrected chi connectivity index (χ0v) is 6.95. The quantitative estimate of drug-likeness (QED) is 0.653. The minimum atomic E-state index is -4.83. The van der Waals surface area contributed by atoms with Crippen LogP contribution in [0, 0.1) is 0 Å². The molecule has 0 saturated heterocycles. The first-order valence-electron chi connectivity index (χ1n) is 3.73. The molecule has 0 N–H and O–H groups in total. The Morgan fingerprint density at radius 3 is 2.50 bits per heavy atom. The zero-order chi connectivity index (χ0) is 8.77. The fourth-order valence-electron chi connectivity index (χ4n) is 0.971. The third-order valence-corrected chi connectivity index (χ3v) is 3.05. The van der Waals surface area contributed by atoms with Gasteiger partial charge in [-0.05, 0) is 17.6 Å². The standard InChI is InChI=1S/C6H6BF3NS/c8-7(9,10)5-3-11-6(12-5)4-1-2-4/h3-4H,1-2H2/q-1. The monoisotopic (exact) mass is 192 g/mol. The Morgan fingerprint density at radius 2 is 2.08 bits per heavy atom. The summed E-state index contributed by atoms with van der Waals surface area (Å²) in [5.41, 5.74) is 0. The Bertz CT molecular complexity index is 291. The van der Waals surface area contributed by atoms with Crippen molar-refractivity contribution in [2.75, 3.05) is 0 Å². The van der Waals surface area contributed by atoms with Gasteiger partial charge in [-0.15, -0.1) is 0 Å². The molecule has 0 aliphatic heterocycles. The highest BCUT2D eigenvalue weighted by Gasteiger charge is 2.32. The number of hydrogen-bond donors (Lipinski definition) is 0. The van der Waals surface area contributed by atoms with Crippen LogP contribution in [0.15, 0.2) is 6.20 Å². The molecule has 1 aliphatic carbocycles. The average molecular weight is 192 g/mol. The second kappa shape index (κ2) is 2.48. The fraction of sp³-hybridized carbons (Fsp3) is 0.500. The molecule has 0 radical (unpaired) electrons. The molecule has 1 nitrogen and oxygen atoms in total. The van der Waals surface area contributed by atoms with Gasteiger partial charge < -0.3 is 12.9 Å². The zero-order valence-electron chi connectivity index (χ0n) is 6.14. The van der Waals surface area contributed by atoms with Crippen LogP contribution in [0.5, 0.6) is 0 Å². The van der Waals surface area contributed by atoms with Crippen LogP contribution in [0.1, 0.15) is 23.8 Å². The molecule has 0 atom stereocenters. The van der Waals surface area contributed by atoms with Gasteiger partial charge in [0, 0.05) is 12.1 Å². The maximum absolute atomic E-state index is 12.1. The van der Waals surface area contributed by atoms with E-state index in [4.69, 9.17) is 0 Å². The molecule has 1 saturated carbocycles.